The van der Waals surface area contributed by atoms with Crippen molar-refractivity contribution in [2.45, 2.75) is 108 Å². The van der Waals surface area contributed by atoms with Crippen LogP contribution in [0, 0.1) is 23.7 Å². The van der Waals surface area contributed by atoms with Crippen molar-refractivity contribution >= 4 is 21.7 Å². The summed E-state index contributed by atoms with van der Waals surface area (Å²) in [4.78, 5) is 29.8. The van der Waals surface area contributed by atoms with Gasteiger partial charge in [0, 0.05) is 25.4 Å². The van der Waals surface area contributed by atoms with Crippen LogP contribution in [-0.4, -0.2) is 65.7 Å². The van der Waals surface area contributed by atoms with Crippen LogP contribution >= 0.6 is 0 Å². The maximum atomic E-state index is 13.1. The topological polar surface area (TPSA) is 74.8 Å². The third-order valence-electron chi connectivity index (χ3n) is 9.15. The number of piperazine rings is 1. The predicted octanol–water partition coefficient (Wildman–Crippen LogP) is 3.40. The fourth-order valence-corrected chi connectivity index (χ4v) is 9.37. The second kappa shape index (κ2) is 8.59. The van der Waals surface area contributed by atoms with Gasteiger partial charge >= 0.3 is 0 Å². The van der Waals surface area contributed by atoms with Crippen LogP contribution in [0.1, 0.15) is 84.5 Å². The summed E-state index contributed by atoms with van der Waals surface area (Å²) in [6.45, 7) is 4.41. The summed E-state index contributed by atoms with van der Waals surface area (Å²) in [6.07, 6.45) is 10.9. The highest BCUT2D eigenvalue weighted by Crippen LogP contribution is 2.45. The molecule has 4 atom stereocenters. The molecule has 0 spiro atoms. The van der Waals surface area contributed by atoms with Crippen LogP contribution in [0.5, 0.6) is 0 Å². The monoisotopic (exact) mass is 464 g/mol. The van der Waals surface area contributed by atoms with Crippen molar-refractivity contribution in [1.29, 1.82) is 0 Å². The standard InChI is InChI=1S/C25H40N2O4S/c1-16-14-26(25(29)20-5-6-20)24-13-21(9-12-23(24)27(16)17(2)28)19-7-10-22(11-8-19)32(30,31)15-18-3-4-18/h16,18-24H,3-15H2,1-2H3/t16-,19?,21?,22?,23?,24?/m0/s1. The van der Waals surface area contributed by atoms with Gasteiger partial charge in [-0.25, -0.2) is 8.42 Å². The zero-order valence-corrected chi connectivity index (χ0v) is 20.6. The fraction of sp³-hybridized carbons (Fsp3) is 0.920. The minimum absolute atomic E-state index is 0.0834. The normalized spacial score (nSPS) is 38.3. The minimum Gasteiger partial charge on any atom is -0.335 e. The third-order valence-corrected chi connectivity index (χ3v) is 11.6. The lowest BCUT2D eigenvalue weighted by Crippen LogP contribution is -2.67. The Morgan fingerprint density at radius 3 is 2.09 bits per heavy atom. The van der Waals surface area contributed by atoms with Crippen LogP contribution in [0.2, 0.25) is 0 Å². The Morgan fingerprint density at radius 2 is 1.50 bits per heavy atom. The molecule has 5 rings (SSSR count). The van der Waals surface area contributed by atoms with E-state index in [9.17, 15) is 18.0 Å². The lowest BCUT2D eigenvalue weighted by atomic mass is 9.69. The SMILES string of the molecule is CC(=O)N1C2CCC(C3CCC(S(=O)(=O)CC4CC4)CC3)CC2N(C(=O)C2CC2)C[C@@H]1C. The summed E-state index contributed by atoms with van der Waals surface area (Å²) >= 11 is 0. The highest BCUT2D eigenvalue weighted by molar-refractivity contribution is 7.92. The molecule has 180 valence electrons. The van der Waals surface area contributed by atoms with E-state index in [0.717, 1.165) is 70.6 Å². The van der Waals surface area contributed by atoms with Crippen LogP contribution in [0.15, 0.2) is 0 Å². The quantitative estimate of drug-likeness (QED) is 0.625. The Balaban J connectivity index is 1.25. The van der Waals surface area contributed by atoms with Crippen molar-refractivity contribution in [3.63, 3.8) is 0 Å². The first-order valence-corrected chi connectivity index (χ1v) is 14.8. The molecule has 3 unspecified atom stereocenters. The van der Waals surface area contributed by atoms with Crippen molar-refractivity contribution < 1.29 is 18.0 Å². The number of fused-ring (bicyclic) bond motifs is 1. The smallest absolute Gasteiger partial charge is 0.226 e. The van der Waals surface area contributed by atoms with E-state index in [-0.39, 0.29) is 35.2 Å². The van der Waals surface area contributed by atoms with Crippen LogP contribution in [0.25, 0.3) is 0 Å². The molecule has 1 saturated heterocycles. The van der Waals surface area contributed by atoms with E-state index in [2.05, 4.69) is 16.7 Å². The molecule has 7 heteroatoms. The Labute approximate surface area is 193 Å². The van der Waals surface area contributed by atoms with Gasteiger partial charge in [0.2, 0.25) is 11.8 Å². The Hall–Kier alpha value is -1.11. The fourth-order valence-electron chi connectivity index (χ4n) is 7.12. The molecule has 0 aromatic rings. The molecule has 1 heterocycles. The number of carbonyl (C=O) groups is 2. The number of sulfone groups is 1. The molecule has 5 aliphatic rings. The number of amides is 2. The maximum absolute atomic E-state index is 13.1. The maximum Gasteiger partial charge on any atom is 0.226 e. The van der Waals surface area contributed by atoms with E-state index in [1.807, 2.05) is 0 Å². The zero-order valence-electron chi connectivity index (χ0n) is 19.7. The first-order chi connectivity index (χ1) is 15.2. The number of hydrogen-bond donors (Lipinski definition) is 0. The van der Waals surface area contributed by atoms with E-state index in [4.69, 9.17) is 0 Å². The van der Waals surface area contributed by atoms with Gasteiger partial charge in [-0.15, -0.1) is 0 Å². The summed E-state index contributed by atoms with van der Waals surface area (Å²) in [5.74, 6) is 2.59. The molecule has 0 N–H and O–H groups in total. The molecule has 5 fully saturated rings. The van der Waals surface area contributed by atoms with Crippen molar-refractivity contribution in [3.05, 3.63) is 0 Å². The van der Waals surface area contributed by atoms with Gasteiger partial charge in [-0.05, 0) is 95.3 Å². The van der Waals surface area contributed by atoms with Gasteiger partial charge in [0.05, 0.1) is 23.1 Å². The summed E-state index contributed by atoms with van der Waals surface area (Å²) in [7, 11) is -2.94. The molecule has 0 aromatic carbocycles. The molecular weight excluding hydrogens is 424 g/mol. The van der Waals surface area contributed by atoms with Gasteiger partial charge in [-0.3, -0.25) is 9.59 Å². The molecule has 4 saturated carbocycles. The van der Waals surface area contributed by atoms with Gasteiger partial charge < -0.3 is 9.80 Å². The van der Waals surface area contributed by atoms with Gasteiger partial charge in [-0.1, -0.05) is 0 Å². The van der Waals surface area contributed by atoms with E-state index in [1.165, 1.54) is 0 Å². The average Bonchev–Trinajstić information content (AvgIpc) is 3.67. The number of rotatable bonds is 5. The van der Waals surface area contributed by atoms with Crippen LogP contribution in [0.3, 0.4) is 0 Å². The van der Waals surface area contributed by atoms with E-state index >= 15 is 0 Å². The Morgan fingerprint density at radius 1 is 0.844 bits per heavy atom. The summed E-state index contributed by atoms with van der Waals surface area (Å²) in [6, 6.07) is 0.365. The molecule has 0 radical (unpaired) electrons. The Bertz CT molecular complexity index is 842. The number of carbonyl (C=O) groups excluding carboxylic acids is 2. The van der Waals surface area contributed by atoms with E-state index in [0.29, 0.717) is 36.0 Å². The first kappa shape index (κ1) is 22.7. The second-order valence-electron chi connectivity index (χ2n) is 11.6. The van der Waals surface area contributed by atoms with E-state index in [1.54, 1.807) is 6.92 Å². The van der Waals surface area contributed by atoms with Gasteiger partial charge in [-0.2, -0.15) is 0 Å². The molecule has 0 bridgehead atoms. The molecule has 1 aliphatic heterocycles. The van der Waals surface area contributed by atoms with Crippen molar-refractivity contribution in [2.24, 2.45) is 23.7 Å². The Kier molecular flexibility index (Phi) is 6.09. The van der Waals surface area contributed by atoms with Gasteiger partial charge in [0.1, 0.15) is 0 Å². The summed E-state index contributed by atoms with van der Waals surface area (Å²) < 4.78 is 25.5. The summed E-state index contributed by atoms with van der Waals surface area (Å²) in [5, 5.41) is -0.132. The average molecular weight is 465 g/mol. The summed E-state index contributed by atoms with van der Waals surface area (Å²) in [5.41, 5.74) is 0. The minimum atomic E-state index is -2.94. The molecule has 32 heavy (non-hydrogen) atoms. The highest BCUT2D eigenvalue weighted by atomic mass is 32.2. The van der Waals surface area contributed by atoms with Crippen molar-refractivity contribution in [1.82, 2.24) is 9.80 Å². The van der Waals surface area contributed by atoms with Crippen molar-refractivity contribution in [3.8, 4) is 0 Å². The molecule has 2 amide bonds. The number of nitrogens with zero attached hydrogens (tertiary/aromatic N) is 2. The lowest BCUT2D eigenvalue weighted by molar-refractivity contribution is -0.155. The van der Waals surface area contributed by atoms with Crippen LogP contribution < -0.4 is 0 Å². The third kappa shape index (κ3) is 4.47. The molecular formula is C25H40N2O4S. The van der Waals surface area contributed by atoms with Gasteiger partial charge in [0.15, 0.2) is 9.84 Å². The van der Waals surface area contributed by atoms with Crippen molar-refractivity contribution in [2.75, 3.05) is 12.3 Å². The molecule has 0 aromatic heterocycles. The lowest BCUT2D eigenvalue weighted by Gasteiger charge is -2.55. The van der Waals surface area contributed by atoms with Gasteiger partial charge in [0.25, 0.3) is 0 Å². The molecule has 4 aliphatic carbocycles. The first-order valence-electron chi connectivity index (χ1n) is 13.1. The van der Waals surface area contributed by atoms with Crippen LogP contribution in [0.4, 0.5) is 0 Å². The molecule has 6 nitrogen and oxygen atoms in total. The zero-order chi connectivity index (χ0) is 22.6. The second-order valence-corrected chi connectivity index (χ2v) is 13.9. The van der Waals surface area contributed by atoms with Crippen LogP contribution in [-0.2, 0) is 19.4 Å². The number of hydrogen-bond acceptors (Lipinski definition) is 4. The highest BCUT2D eigenvalue weighted by Gasteiger charge is 2.49. The van der Waals surface area contributed by atoms with E-state index < -0.39 is 9.84 Å². The predicted molar refractivity (Wildman–Crippen MR) is 124 cm³/mol. The largest absolute Gasteiger partial charge is 0.335 e.